The molecule has 0 saturated carbocycles. The molecule has 2 heterocycles. The summed E-state index contributed by atoms with van der Waals surface area (Å²) in [5.74, 6) is 0.848. The number of hydrogen-bond acceptors (Lipinski definition) is 5. The molecule has 0 unspecified atom stereocenters. The highest BCUT2D eigenvalue weighted by molar-refractivity contribution is 5.94. The number of anilines is 2. The van der Waals surface area contributed by atoms with Crippen LogP contribution >= 0.6 is 0 Å². The van der Waals surface area contributed by atoms with E-state index in [-0.39, 0.29) is 5.75 Å². The van der Waals surface area contributed by atoms with Crippen molar-refractivity contribution in [1.29, 1.82) is 0 Å². The molecule has 9 heteroatoms. The van der Waals surface area contributed by atoms with Crippen LogP contribution in [0.2, 0.25) is 0 Å². The Balaban J connectivity index is 1.49. The van der Waals surface area contributed by atoms with Gasteiger partial charge < -0.3 is 20.7 Å². The largest absolute Gasteiger partial charge is 0.413 e. The Bertz CT molecular complexity index is 1560. The van der Waals surface area contributed by atoms with Crippen molar-refractivity contribution in [2.75, 3.05) is 10.6 Å². The van der Waals surface area contributed by atoms with Crippen LogP contribution in [0.3, 0.4) is 0 Å². The van der Waals surface area contributed by atoms with E-state index >= 15 is 0 Å². The first-order valence-electron chi connectivity index (χ1n) is 13.6. The number of aromatic nitrogens is 3. The molecular formula is C33H34N6O3. The number of nitrogens with one attached hydrogen (secondary N) is 3. The van der Waals surface area contributed by atoms with Crippen molar-refractivity contribution in [3.8, 4) is 5.75 Å². The number of benzene rings is 3. The highest BCUT2D eigenvalue weighted by atomic mass is 16.6. The third kappa shape index (κ3) is 6.05. The van der Waals surface area contributed by atoms with Crippen molar-refractivity contribution in [1.82, 2.24) is 19.7 Å². The van der Waals surface area contributed by atoms with Gasteiger partial charge >= 0.3 is 12.1 Å². The summed E-state index contributed by atoms with van der Waals surface area (Å²) in [6.45, 7) is 5.57. The van der Waals surface area contributed by atoms with E-state index in [1.54, 1.807) is 16.9 Å². The van der Waals surface area contributed by atoms with Crippen molar-refractivity contribution in [2.45, 2.75) is 31.8 Å². The smallest absolute Gasteiger partial charge is 0.409 e. The zero-order valence-corrected chi connectivity index (χ0v) is 24.0. The lowest BCUT2D eigenvalue weighted by molar-refractivity contribution is 0.190. The van der Waals surface area contributed by atoms with Gasteiger partial charge in [-0.15, -0.1) is 0 Å². The van der Waals surface area contributed by atoms with Crippen LogP contribution in [0.25, 0.3) is 0 Å². The van der Waals surface area contributed by atoms with Crippen molar-refractivity contribution in [3.63, 3.8) is 0 Å². The highest BCUT2D eigenvalue weighted by Gasteiger charge is 2.38. The molecule has 5 rings (SSSR count). The molecule has 0 aliphatic heterocycles. The minimum Gasteiger partial charge on any atom is -0.409 e. The lowest BCUT2D eigenvalue weighted by Gasteiger charge is -2.38. The maximum Gasteiger partial charge on any atom is 0.413 e. The number of nitrogens with zero attached hydrogens (tertiary/aromatic N) is 3. The molecule has 0 spiro atoms. The fraction of sp³-hybridized carbons (Fsp3) is 0.182. The van der Waals surface area contributed by atoms with Gasteiger partial charge in [-0.25, -0.2) is 9.59 Å². The molecule has 0 fully saturated rings. The summed E-state index contributed by atoms with van der Waals surface area (Å²) in [5.41, 5.74) is 2.27. The Labute approximate surface area is 245 Å². The second kappa shape index (κ2) is 11.7. The molecule has 214 valence electrons. The molecule has 2 aromatic heterocycles. The fourth-order valence-corrected chi connectivity index (χ4v) is 4.82. The number of carbonyl (C=O) groups excluding carboxylic acids is 2. The Morgan fingerprint density at radius 2 is 1.31 bits per heavy atom. The fourth-order valence-electron chi connectivity index (χ4n) is 4.82. The number of rotatable bonds is 7. The summed E-state index contributed by atoms with van der Waals surface area (Å²) in [6.07, 6.45) is 3.98. The van der Waals surface area contributed by atoms with Crippen LogP contribution in [0.4, 0.5) is 21.1 Å². The van der Waals surface area contributed by atoms with Crippen molar-refractivity contribution in [3.05, 3.63) is 132 Å². The zero-order valence-electron chi connectivity index (χ0n) is 24.0. The van der Waals surface area contributed by atoms with Crippen molar-refractivity contribution in [2.24, 2.45) is 7.05 Å². The van der Waals surface area contributed by atoms with Crippen LogP contribution in [0.5, 0.6) is 5.75 Å². The second-order valence-electron chi connectivity index (χ2n) is 11.0. The molecule has 0 atom stereocenters. The standard InChI is InChI=1S/C33H34N6O3/c1-32(2,3)37-31(41)42-27-20-21-39(23-27)30(40)35-28-22-34-38(4)29(28)36-33(24-14-8-5-9-15-24,25-16-10-6-11-17-25)26-18-12-7-13-19-26/h5-23,36H,1-4H3,(H,35,40)(H,37,41). The first kappa shape index (κ1) is 28.2. The highest BCUT2D eigenvalue weighted by Crippen LogP contribution is 2.41. The second-order valence-corrected chi connectivity index (χ2v) is 11.0. The summed E-state index contributed by atoms with van der Waals surface area (Å²) in [7, 11) is 1.82. The van der Waals surface area contributed by atoms with Crippen LogP contribution in [0.15, 0.2) is 116 Å². The minimum absolute atomic E-state index is 0.243. The number of amides is 2. The number of ether oxygens (including phenoxy) is 1. The maximum absolute atomic E-state index is 13.3. The molecule has 0 radical (unpaired) electrons. The molecule has 0 bridgehead atoms. The van der Waals surface area contributed by atoms with Gasteiger partial charge in [-0.05, 0) is 43.5 Å². The normalized spacial score (nSPS) is 11.5. The molecular weight excluding hydrogens is 528 g/mol. The third-order valence-electron chi connectivity index (χ3n) is 6.69. The molecule has 0 saturated heterocycles. The molecule has 3 N–H and O–H groups in total. The van der Waals surface area contributed by atoms with Gasteiger partial charge in [-0.2, -0.15) is 5.10 Å². The van der Waals surface area contributed by atoms with E-state index in [0.29, 0.717) is 11.5 Å². The average molecular weight is 563 g/mol. The van der Waals surface area contributed by atoms with E-state index in [1.165, 1.54) is 17.0 Å². The minimum atomic E-state index is -0.814. The molecule has 0 aliphatic rings. The number of carbonyl (C=O) groups is 2. The Hall–Kier alpha value is -5.31. The van der Waals surface area contributed by atoms with Gasteiger partial charge in [0.2, 0.25) is 0 Å². The summed E-state index contributed by atoms with van der Waals surface area (Å²) >= 11 is 0. The van der Waals surface area contributed by atoms with E-state index in [0.717, 1.165) is 16.7 Å². The molecule has 3 aromatic carbocycles. The van der Waals surface area contributed by atoms with Gasteiger partial charge in [-0.1, -0.05) is 91.0 Å². The lowest BCUT2D eigenvalue weighted by Crippen LogP contribution is -2.42. The van der Waals surface area contributed by atoms with Gasteiger partial charge in [0, 0.05) is 18.8 Å². The summed E-state index contributed by atoms with van der Waals surface area (Å²) in [4.78, 5) is 25.5. The predicted octanol–water partition coefficient (Wildman–Crippen LogP) is 6.59. The SMILES string of the molecule is Cn1ncc(NC(=O)n2ccc(OC(=O)NC(C)(C)C)c2)c1NC(c1ccccc1)(c1ccccc1)c1ccccc1. The quantitative estimate of drug-likeness (QED) is 0.194. The average Bonchev–Trinajstić information content (AvgIpc) is 3.58. The molecule has 0 aliphatic carbocycles. The summed E-state index contributed by atoms with van der Waals surface area (Å²) in [5, 5.41) is 13.9. The van der Waals surface area contributed by atoms with Gasteiger partial charge in [-0.3, -0.25) is 9.25 Å². The van der Waals surface area contributed by atoms with Crippen LogP contribution in [0, 0.1) is 0 Å². The van der Waals surface area contributed by atoms with Gasteiger partial charge in [0.25, 0.3) is 0 Å². The summed E-state index contributed by atoms with van der Waals surface area (Å²) < 4.78 is 8.34. The Kier molecular flexibility index (Phi) is 7.84. The van der Waals surface area contributed by atoms with Gasteiger partial charge in [0.05, 0.1) is 12.4 Å². The van der Waals surface area contributed by atoms with Crippen LogP contribution in [-0.2, 0) is 12.6 Å². The van der Waals surface area contributed by atoms with Crippen LogP contribution in [0.1, 0.15) is 37.5 Å². The van der Waals surface area contributed by atoms with Crippen molar-refractivity contribution >= 4 is 23.6 Å². The first-order valence-corrected chi connectivity index (χ1v) is 13.6. The number of hydrogen-bond donors (Lipinski definition) is 3. The third-order valence-corrected chi connectivity index (χ3v) is 6.69. The molecule has 5 aromatic rings. The van der Waals surface area contributed by atoms with Crippen molar-refractivity contribution < 1.29 is 14.3 Å². The van der Waals surface area contributed by atoms with E-state index in [2.05, 4.69) is 57.4 Å². The topological polar surface area (TPSA) is 102 Å². The van der Waals surface area contributed by atoms with Gasteiger partial charge in [0.15, 0.2) is 5.75 Å². The zero-order chi connectivity index (χ0) is 29.7. The Morgan fingerprint density at radius 3 is 1.81 bits per heavy atom. The maximum atomic E-state index is 13.3. The predicted molar refractivity (Wildman–Crippen MR) is 164 cm³/mol. The van der Waals surface area contributed by atoms with E-state index in [4.69, 9.17) is 4.74 Å². The van der Waals surface area contributed by atoms with E-state index in [9.17, 15) is 9.59 Å². The van der Waals surface area contributed by atoms with Gasteiger partial charge in [0.1, 0.15) is 17.0 Å². The Morgan fingerprint density at radius 1 is 0.786 bits per heavy atom. The molecule has 42 heavy (non-hydrogen) atoms. The summed E-state index contributed by atoms with van der Waals surface area (Å²) in [6, 6.07) is 31.6. The monoisotopic (exact) mass is 562 g/mol. The van der Waals surface area contributed by atoms with E-state index < -0.39 is 23.2 Å². The van der Waals surface area contributed by atoms with Crippen LogP contribution in [-0.4, -0.2) is 32.0 Å². The van der Waals surface area contributed by atoms with Crippen LogP contribution < -0.4 is 20.7 Å². The first-order chi connectivity index (χ1) is 20.2. The molecule has 2 amide bonds. The lowest BCUT2D eigenvalue weighted by atomic mass is 9.77. The number of aryl methyl sites for hydroxylation is 1. The van der Waals surface area contributed by atoms with E-state index in [1.807, 2.05) is 82.4 Å². The molecule has 9 nitrogen and oxygen atoms in total.